The van der Waals surface area contributed by atoms with Gasteiger partial charge in [0.2, 0.25) is 0 Å². The molecule has 1 fully saturated rings. The molecule has 0 atom stereocenters. The average molecular weight is 309 g/mol. The van der Waals surface area contributed by atoms with E-state index in [-0.39, 0.29) is 0 Å². The Hall–Kier alpha value is -0.410. The minimum Gasteiger partial charge on any atom is -0.312 e. The van der Waals surface area contributed by atoms with Crippen molar-refractivity contribution in [2.75, 3.05) is 6.54 Å². The van der Waals surface area contributed by atoms with Crippen molar-refractivity contribution < 1.29 is 0 Å². The van der Waals surface area contributed by atoms with E-state index in [1.54, 1.807) is 0 Å². The van der Waals surface area contributed by atoms with Gasteiger partial charge in [-0.3, -0.25) is 0 Å². The molecule has 1 aromatic heterocycles. The zero-order chi connectivity index (χ0) is 15.2. The molecule has 1 aromatic rings. The SMILES string of the molecule is CCNCc1sc(C2CCC(CC)CC2)nc1CC(C)C. The maximum absolute atomic E-state index is 5.06. The van der Waals surface area contributed by atoms with Gasteiger partial charge in [-0.15, -0.1) is 11.3 Å². The van der Waals surface area contributed by atoms with E-state index in [0.717, 1.165) is 31.3 Å². The summed E-state index contributed by atoms with van der Waals surface area (Å²) in [5.74, 6) is 2.40. The van der Waals surface area contributed by atoms with Crippen molar-refractivity contribution in [1.29, 1.82) is 0 Å². The Labute approximate surface area is 134 Å². The van der Waals surface area contributed by atoms with Crippen molar-refractivity contribution in [3.8, 4) is 0 Å². The highest BCUT2D eigenvalue weighted by atomic mass is 32.1. The van der Waals surface area contributed by atoms with Crippen molar-refractivity contribution in [1.82, 2.24) is 10.3 Å². The molecule has 2 nitrogen and oxygen atoms in total. The second-order valence-corrected chi connectivity index (χ2v) is 8.04. The number of nitrogens with one attached hydrogen (secondary N) is 1. The fourth-order valence-corrected chi connectivity index (χ4v) is 4.55. The molecule has 0 saturated heterocycles. The minimum atomic E-state index is 0.691. The third-order valence-electron chi connectivity index (χ3n) is 4.71. The smallest absolute Gasteiger partial charge is 0.0962 e. The molecule has 1 saturated carbocycles. The summed E-state index contributed by atoms with van der Waals surface area (Å²) in [5.41, 5.74) is 1.36. The van der Waals surface area contributed by atoms with Crippen molar-refractivity contribution in [3.05, 3.63) is 15.6 Å². The Morgan fingerprint density at radius 2 is 1.90 bits per heavy atom. The van der Waals surface area contributed by atoms with Crippen molar-refractivity contribution in [2.45, 2.75) is 78.7 Å². The Morgan fingerprint density at radius 1 is 1.19 bits per heavy atom. The van der Waals surface area contributed by atoms with E-state index in [1.807, 2.05) is 11.3 Å². The summed E-state index contributed by atoms with van der Waals surface area (Å²) in [6.45, 7) is 11.1. The van der Waals surface area contributed by atoms with Gasteiger partial charge in [0.05, 0.1) is 10.7 Å². The van der Waals surface area contributed by atoms with E-state index < -0.39 is 0 Å². The third-order valence-corrected chi connectivity index (χ3v) is 5.97. The van der Waals surface area contributed by atoms with Crippen LogP contribution in [0, 0.1) is 11.8 Å². The maximum Gasteiger partial charge on any atom is 0.0962 e. The van der Waals surface area contributed by atoms with E-state index in [0.29, 0.717) is 5.92 Å². The van der Waals surface area contributed by atoms with Gasteiger partial charge in [-0.05, 0) is 50.5 Å². The minimum absolute atomic E-state index is 0.691. The molecule has 0 bridgehead atoms. The predicted octanol–water partition coefficient (Wildman–Crippen LogP) is 5.13. The molecule has 0 aromatic carbocycles. The predicted molar refractivity (Wildman–Crippen MR) is 93.0 cm³/mol. The summed E-state index contributed by atoms with van der Waals surface area (Å²) in [7, 11) is 0. The van der Waals surface area contributed by atoms with Gasteiger partial charge >= 0.3 is 0 Å². The monoisotopic (exact) mass is 308 g/mol. The highest BCUT2D eigenvalue weighted by Gasteiger charge is 2.25. The van der Waals surface area contributed by atoms with E-state index in [2.05, 4.69) is 33.0 Å². The lowest BCUT2D eigenvalue weighted by atomic mass is 9.81. The zero-order valence-electron chi connectivity index (χ0n) is 14.2. The lowest BCUT2D eigenvalue weighted by molar-refractivity contribution is 0.318. The summed E-state index contributed by atoms with van der Waals surface area (Å²) >= 11 is 1.98. The van der Waals surface area contributed by atoms with Crippen molar-refractivity contribution >= 4 is 11.3 Å². The molecule has 0 amide bonds. The van der Waals surface area contributed by atoms with Gasteiger partial charge in [-0.1, -0.05) is 34.1 Å². The van der Waals surface area contributed by atoms with Crippen LogP contribution in [-0.2, 0) is 13.0 Å². The Bertz CT molecular complexity index is 417. The average Bonchev–Trinajstić information content (AvgIpc) is 2.87. The molecular weight excluding hydrogens is 276 g/mol. The van der Waals surface area contributed by atoms with E-state index in [1.165, 1.54) is 47.7 Å². The van der Waals surface area contributed by atoms with Crippen LogP contribution in [0.4, 0.5) is 0 Å². The summed E-state index contributed by atoms with van der Waals surface area (Å²) in [6, 6.07) is 0. The lowest BCUT2D eigenvalue weighted by Gasteiger charge is -2.26. The van der Waals surface area contributed by atoms with Crippen molar-refractivity contribution in [2.24, 2.45) is 11.8 Å². The van der Waals surface area contributed by atoms with Gasteiger partial charge in [0, 0.05) is 17.3 Å². The molecule has 2 rings (SSSR count). The van der Waals surface area contributed by atoms with Gasteiger partial charge in [0.1, 0.15) is 0 Å². The lowest BCUT2D eigenvalue weighted by Crippen LogP contribution is -2.12. The van der Waals surface area contributed by atoms with Crippen LogP contribution < -0.4 is 5.32 Å². The number of hydrogen-bond acceptors (Lipinski definition) is 3. The summed E-state index contributed by atoms with van der Waals surface area (Å²) in [4.78, 5) is 6.54. The molecule has 1 N–H and O–H groups in total. The highest BCUT2D eigenvalue weighted by molar-refractivity contribution is 7.11. The summed E-state index contributed by atoms with van der Waals surface area (Å²) in [6.07, 6.45) is 8.00. The molecule has 120 valence electrons. The molecule has 1 aliphatic rings. The molecule has 21 heavy (non-hydrogen) atoms. The first-order valence-corrected chi connectivity index (χ1v) is 9.64. The van der Waals surface area contributed by atoms with Gasteiger partial charge in [-0.2, -0.15) is 0 Å². The van der Waals surface area contributed by atoms with E-state index >= 15 is 0 Å². The van der Waals surface area contributed by atoms with Crippen LogP contribution in [0.1, 0.15) is 81.3 Å². The van der Waals surface area contributed by atoms with Crippen LogP contribution in [0.25, 0.3) is 0 Å². The topological polar surface area (TPSA) is 24.9 Å². The first-order chi connectivity index (χ1) is 10.1. The van der Waals surface area contributed by atoms with Crippen LogP contribution in [0.2, 0.25) is 0 Å². The van der Waals surface area contributed by atoms with Crippen LogP contribution in [0.15, 0.2) is 0 Å². The standard InChI is InChI=1S/C18H32N2S/c1-5-14-7-9-15(10-8-14)18-20-16(11-13(3)4)17(21-18)12-19-6-2/h13-15,19H,5-12H2,1-4H3. The van der Waals surface area contributed by atoms with Gasteiger partial charge in [-0.25, -0.2) is 4.98 Å². The number of nitrogens with zero attached hydrogens (tertiary/aromatic N) is 1. The Kier molecular flexibility index (Phi) is 6.69. The maximum atomic E-state index is 5.06. The number of aromatic nitrogens is 1. The van der Waals surface area contributed by atoms with Crippen molar-refractivity contribution in [3.63, 3.8) is 0 Å². The normalized spacial score (nSPS) is 22.9. The van der Waals surface area contributed by atoms with Crippen LogP contribution in [0.5, 0.6) is 0 Å². The summed E-state index contributed by atoms with van der Waals surface area (Å²) in [5, 5.41) is 4.91. The van der Waals surface area contributed by atoms with Gasteiger partial charge < -0.3 is 5.32 Å². The van der Waals surface area contributed by atoms with Crippen LogP contribution >= 0.6 is 11.3 Å². The second-order valence-electron chi connectivity index (χ2n) is 6.93. The molecule has 1 heterocycles. The Balaban J connectivity index is 2.07. The van der Waals surface area contributed by atoms with Gasteiger partial charge in [0.25, 0.3) is 0 Å². The molecule has 0 spiro atoms. The molecule has 0 unspecified atom stereocenters. The number of rotatable bonds is 7. The number of hydrogen-bond donors (Lipinski definition) is 1. The fraction of sp³-hybridized carbons (Fsp3) is 0.833. The third kappa shape index (κ3) is 4.79. The second kappa shape index (κ2) is 8.28. The molecule has 3 heteroatoms. The molecule has 0 aliphatic heterocycles. The quantitative estimate of drug-likeness (QED) is 0.755. The van der Waals surface area contributed by atoms with Crippen LogP contribution in [0.3, 0.4) is 0 Å². The first kappa shape index (κ1) is 17.0. The van der Waals surface area contributed by atoms with E-state index in [9.17, 15) is 0 Å². The molecule has 0 radical (unpaired) electrons. The Morgan fingerprint density at radius 3 is 2.48 bits per heavy atom. The van der Waals surface area contributed by atoms with E-state index in [4.69, 9.17) is 4.98 Å². The zero-order valence-corrected chi connectivity index (χ0v) is 15.1. The molecular formula is C18H32N2S. The fourth-order valence-electron chi connectivity index (χ4n) is 3.32. The largest absolute Gasteiger partial charge is 0.312 e. The number of thiazole rings is 1. The first-order valence-electron chi connectivity index (χ1n) is 8.83. The van der Waals surface area contributed by atoms with Gasteiger partial charge in [0.15, 0.2) is 0 Å². The highest BCUT2D eigenvalue weighted by Crippen LogP contribution is 2.39. The van der Waals surface area contributed by atoms with Crippen LogP contribution in [-0.4, -0.2) is 11.5 Å². The summed E-state index contributed by atoms with van der Waals surface area (Å²) < 4.78 is 0. The molecule has 1 aliphatic carbocycles.